The molecule has 1 atom stereocenters. The van der Waals surface area contributed by atoms with Gasteiger partial charge in [-0.25, -0.2) is 9.59 Å². The van der Waals surface area contributed by atoms with E-state index in [0.29, 0.717) is 12.3 Å². The highest BCUT2D eigenvalue weighted by atomic mass is 35.5. The maximum atomic E-state index is 13.0. The highest BCUT2D eigenvalue weighted by Crippen LogP contribution is 2.44. The number of carbonyl (C=O) groups is 3. The number of imide groups is 1. The van der Waals surface area contributed by atoms with Crippen molar-refractivity contribution in [1.82, 2.24) is 9.88 Å². The number of nitrogens with one attached hydrogen (secondary N) is 1. The van der Waals surface area contributed by atoms with E-state index in [1.165, 1.54) is 26.2 Å². The number of thiocarbonyl (C=S) groups is 1. The zero-order chi connectivity index (χ0) is 24.9. The molecule has 8 nitrogen and oxygen atoms in total. The maximum absolute atomic E-state index is 13.0. The number of aromatic hydroxyl groups is 1. The van der Waals surface area contributed by atoms with Crippen molar-refractivity contribution in [1.29, 1.82) is 0 Å². The Hall–Kier alpha value is -2.80. The number of halogens is 5. The molecular formula is C19H14Cl2F3N4O4S+. The molecule has 1 aliphatic rings. The van der Waals surface area contributed by atoms with Crippen molar-refractivity contribution in [2.75, 3.05) is 19.4 Å². The second-order valence-electron chi connectivity index (χ2n) is 7.11. The van der Waals surface area contributed by atoms with E-state index in [0.717, 1.165) is 4.90 Å². The zero-order valence-electron chi connectivity index (χ0n) is 16.8. The number of pyridine rings is 1. The van der Waals surface area contributed by atoms with E-state index in [1.54, 1.807) is 0 Å². The molecule has 1 aromatic carbocycles. The molecule has 2 N–H and O–H groups in total. The van der Waals surface area contributed by atoms with Crippen molar-refractivity contribution in [2.24, 2.45) is 0 Å². The van der Waals surface area contributed by atoms with Gasteiger partial charge < -0.3 is 5.11 Å². The topological polar surface area (TPSA) is 99.6 Å². The van der Waals surface area contributed by atoms with Crippen LogP contribution in [0.3, 0.4) is 0 Å². The normalized spacial score (nSPS) is 19.1. The van der Waals surface area contributed by atoms with E-state index in [9.17, 15) is 32.7 Å². The van der Waals surface area contributed by atoms with Gasteiger partial charge in [-0.2, -0.15) is 13.2 Å². The summed E-state index contributed by atoms with van der Waals surface area (Å²) in [6.07, 6.45) is -4.74. The molecule has 174 valence electrons. The van der Waals surface area contributed by atoms with E-state index in [1.807, 2.05) is 0 Å². The van der Waals surface area contributed by atoms with Crippen molar-refractivity contribution >= 4 is 64.1 Å². The molecule has 33 heavy (non-hydrogen) atoms. The Morgan fingerprint density at radius 1 is 1.27 bits per heavy atom. The minimum atomic E-state index is -4.69. The van der Waals surface area contributed by atoms with Crippen LogP contribution >= 0.6 is 35.4 Å². The molecule has 4 amide bonds. The van der Waals surface area contributed by atoms with E-state index in [4.69, 9.17) is 35.4 Å². The Morgan fingerprint density at radius 2 is 1.91 bits per heavy atom. The summed E-state index contributed by atoms with van der Waals surface area (Å²) in [6.45, 7) is 0. The van der Waals surface area contributed by atoms with Gasteiger partial charge in [0.25, 0.3) is 5.11 Å². The molecule has 0 aliphatic carbocycles. The third-order valence-electron chi connectivity index (χ3n) is 5.03. The first-order valence-corrected chi connectivity index (χ1v) is 10.1. The number of hydrogen-bond acceptors (Lipinski definition) is 6. The number of urea groups is 1. The molecule has 2 aromatic rings. The lowest BCUT2D eigenvalue weighted by Gasteiger charge is -2.35. The number of aromatic nitrogens is 1. The van der Waals surface area contributed by atoms with Gasteiger partial charge in [-0.3, -0.25) is 20.0 Å². The second kappa shape index (κ2) is 8.52. The summed E-state index contributed by atoms with van der Waals surface area (Å²) in [7, 11) is 2.50. The number of phenols is 1. The van der Waals surface area contributed by atoms with Crippen molar-refractivity contribution in [2.45, 2.75) is 12.6 Å². The molecular weight excluding hydrogens is 508 g/mol. The van der Waals surface area contributed by atoms with Crippen molar-refractivity contribution in [3.63, 3.8) is 0 Å². The van der Waals surface area contributed by atoms with Crippen LogP contribution in [0, 0.1) is 0 Å². The van der Waals surface area contributed by atoms with Crippen molar-refractivity contribution in [3.8, 4) is 17.0 Å². The molecule has 0 radical (unpaired) electrons. The zero-order valence-corrected chi connectivity index (χ0v) is 19.2. The molecule has 1 fully saturated rings. The number of amides is 4. The van der Waals surface area contributed by atoms with Crippen molar-refractivity contribution < 1.29 is 37.1 Å². The van der Waals surface area contributed by atoms with Gasteiger partial charge in [-0.05, 0) is 18.2 Å². The molecule has 0 saturated carbocycles. The molecule has 0 spiro atoms. The SMILES string of the molecule is CN1C(=O)CC(=O)[N+](C)(C(=O)Nc2ccc(Cl)c(-c3ncc(C(F)(F)F)cc3Cl)c2O)C1=S. The van der Waals surface area contributed by atoms with Gasteiger partial charge in [-0.15, -0.1) is 4.48 Å². The Morgan fingerprint density at radius 3 is 2.48 bits per heavy atom. The summed E-state index contributed by atoms with van der Waals surface area (Å²) >= 11 is 17.2. The smallest absolute Gasteiger partial charge is 0.435 e. The summed E-state index contributed by atoms with van der Waals surface area (Å²) < 4.78 is 37.7. The number of hydrogen-bond donors (Lipinski definition) is 2. The average molecular weight is 522 g/mol. The number of carbonyl (C=O) groups excluding carboxylic acids is 3. The van der Waals surface area contributed by atoms with E-state index in [2.05, 4.69) is 10.3 Å². The van der Waals surface area contributed by atoms with Crippen LogP contribution in [0.15, 0.2) is 24.4 Å². The van der Waals surface area contributed by atoms with E-state index in [-0.39, 0.29) is 27.1 Å². The lowest BCUT2D eigenvalue weighted by atomic mass is 10.1. The second-order valence-corrected chi connectivity index (χ2v) is 8.29. The quantitative estimate of drug-likeness (QED) is 0.262. The summed E-state index contributed by atoms with van der Waals surface area (Å²) in [4.78, 5) is 41.9. The van der Waals surface area contributed by atoms with Gasteiger partial charge in [0.15, 0.2) is 0 Å². The minimum absolute atomic E-state index is 0.116. The van der Waals surface area contributed by atoms with Gasteiger partial charge in [-0.1, -0.05) is 23.2 Å². The number of benzene rings is 1. The summed E-state index contributed by atoms with van der Waals surface area (Å²) in [5, 5.41) is 12.2. The predicted octanol–water partition coefficient (Wildman–Crippen LogP) is 4.43. The Labute approximate surface area is 200 Å². The number of anilines is 1. The van der Waals surface area contributed by atoms with Crippen LogP contribution in [0.1, 0.15) is 12.0 Å². The fourth-order valence-corrected chi connectivity index (χ4v) is 3.81. The maximum Gasteiger partial charge on any atom is 0.435 e. The number of alkyl halides is 3. The van der Waals surface area contributed by atoms with Crippen LogP contribution in [0.5, 0.6) is 5.75 Å². The summed E-state index contributed by atoms with van der Waals surface area (Å²) in [6, 6.07) is 2.08. The van der Waals surface area contributed by atoms with Crippen LogP contribution in [-0.2, 0) is 15.8 Å². The molecule has 1 aliphatic heterocycles. The molecule has 0 bridgehead atoms. The number of quaternary nitrogens is 1. The van der Waals surface area contributed by atoms with Crippen LogP contribution < -0.4 is 5.32 Å². The first-order valence-electron chi connectivity index (χ1n) is 8.96. The monoisotopic (exact) mass is 521 g/mol. The third kappa shape index (κ3) is 4.26. The predicted molar refractivity (Wildman–Crippen MR) is 117 cm³/mol. The molecule has 2 heterocycles. The number of phenolic OH excluding ortho intramolecular Hbond substituents is 1. The molecule has 1 saturated heterocycles. The van der Waals surface area contributed by atoms with Crippen molar-refractivity contribution in [3.05, 3.63) is 40.0 Å². The standard InChI is InChI=1S/C19H13Cl2F3N4O4S/c1-27-12(29)6-13(30)28(2,18(27)33)17(32)26-11-4-3-9(20)14(16(11)31)15-10(21)5-8(7-25-15)19(22,23)24/h3-5,7H,6H2,1-2H3,(H-,25,26,31,32)/p+1. The summed E-state index contributed by atoms with van der Waals surface area (Å²) in [5.41, 5.74) is -1.86. The van der Waals surface area contributed by atoms with Crippen LogP contribution in [-0.4, -0.2) is 56.5 Å². The fraction of sp³-hybridized carbons (Fsp3) is 0.211. The van der Waals surface area contributed by atoms with Gasteiger partial charge in [0.2, 0.25) is 5.91 Å². The van der Waals surface area contributed by atoms with Gasteiger partial charge in [0.05, 0.1) is 39.6 Å². The van der Waals surface area contributed by atoms with E-state index >= 15 is 0 Å². The van der Waals surface area contributed by atoms with Crippen LogP contribution in [0.4, 0.5) is 23.7 Å². The Bertz CT molecular complexity index is 1220. The lowest BCUT2D eigenvalue weighted by molar-refractivity contribution is -0.655. The highest BCUT2D eigenvalue weighted by molar-refractivity contribution is 7.80. The molecule has 1 unspecified atom stereocenters. The Balaban J connectivity index is 2.02. The van der Waals surface area contributed by atoms with Gasteiger partial charge >= 0.3 is 18.1 Å². The first-order chi connectivity index (χ1) is 15.2. The third-order valence-corrected chi connectivity index (χ3v) is 6.27. The van der Waals surface area contributed by atoms with E-state index < -0.39 is 51.3 Å². The number of rotatable bonds is 2. The Kier molecular flexibility index (Phi) is 6.41. The molecule has 1 aromatic heterocycles. The largest absolute Gasteiger partial charge is 0.505 e. The molecule has 3 rings (SSSR count). The number of nitrogens with zero attached hydrogens (tertiary/aromatic N) is 3. The minimum Gasteiger partial charge on any atom is -0.505 e. The highest BCUT2D eigenvalue weighted by Gasteiger charge is 2.53. The fourth-order valence-electron chi connectivity index (χ4n) is 3.02. The average Bonchev–Trinajstić information content (AvgIpc) is 2.73. The van der Waals surface area contributed by atoms with Crippen LogP contribution in [0.2, 0.25) is 10.0 Å². The first kappa shape index (κ1) is 24.8. The molecule has 14 heteroatoms. The van der Waals surface area contributed by atoms with Crippen LogP contribution in [0.25, 0.3) is 11.3 Å². The summed E-state index contributed by atoms with van der Waals surface area (Å²) in [5.74, 6) is -2.02. The lowest BCUT2D eigenvalue weighted by Crippen LogP contribution is -2.67. The van der Waals surface area contributed by atoms with Gasteiger partial charge in [0.1, 0.15) is 12.2 Å². The van der Waals surface area contributed by atoms with Gasteiger partial charge in [0, 0.05) is 25.5 Å².